The molecule has 3 heterocycles. The first-order chi connectivity index (χ1) is 18.0. The molecule has 1 aromatic carbocycles. The number of hydrogen-bond donors (Lipinski definition) is 1. The SMILES string of the molecule is C=C/C=C\C(=C)S(=C)(=O)Nc1cncc(-c2ccc3ncc(N4CCN(S(=O)(=O)N(C)C)CC4)nc3c2)c1. The zero-order valence-corrected chi connectivity index (χ0v) is 23.1. The van der Waals surface area contributed by atoms with E-state index in [2.05, 4.69) is 33.7 Å². The fraction of sp³-hybridized carbons (Fsp3) is 0.231. The van der Waals surface area contributed by atoms with Gasteiger partial charge in [0, 0.05) is 56.9 Å². The molecule has 1 aliphatic rings. The zero-order valence-electron chi connectivity index (χ0n) is 21.4. The van der Waals surface area contributed by atoms with Crippen LogP contribution in [-0.4, -0.2) is 82.3 Å². The predicted octanol–water partition coefficient (Wildman–Crippen LogP) is 2.92. The Morgan fingerprint density at radius 1 is 1.03 bits per heavy atom. The molecule has 1 unspecified atom stereocenters. The van der Waals surface area contributed by atoms with Crippen molar-refractivity contribution in [2.24, 2.45) is 0 Å². The summed E-state index contributed by atoms with van der Waals surface area (Å²) in [5, 5.41) is 0. The van der Waals surface area contributed by atoms with E-state index in [1.165, 1.54) is 22.7 Å². The maximum atomic E-state index is 13.0. The molecule has 10 nitrogen and oxygen atoms in total. The summed E-state index contributed by atoms with van der Waals surface area (Å²) in [6, 6.07) is 7.57. The van der Waals surface area contributed by atoms with Gasteiger partial charge in [0.05, 0.1) is 38.8 Å². The second kappa shape index (κ2) is 11.0. The van der Waals surface area contributed by atoms with Crippen molar-refractivity contribution in [1.82, 2.24) is 23.6 Å². The minimum atomic E-state index is -3.44. The molecule has 1 aliphatic heterocycles. The number of anilines is 2. The Morgan fingerprint density at radius 3 is 2.45 bits per heavy atom. The van der Waals surface area contributed by atoms with Crippen LogP contribution in [0.1, 0.15) is 0 Å². The molecule has 0 saturated carbocycles. The number of rotatable bonds is 9. The highest BCUT2D eigenvalue weighted by atomic mass is 32.2. The molecule has 0 bridgehead atoms. The zero-order chi connectivity index (χ0) is 27.5. The normalized spacial score (nSPS) is 16.6. The van der Waals surface area contributed by atoms with Crippen LogP contribution in [0.4, 0.5) is 11.5 Å². The number of allylic oxidation sites excluding steroid dienone is 3. The molecule has 0 spiro atoms. The average Bonchev–Trinajstić information content (AvgIpc) is 2.91. The summed E-state index contributed by atoms with van der Waals surface area (Å²) in [7, 11) is -3.22. The Hall–Kier alpha value is -3.58. The van der Waals surface area contributed by atoms with Crippen LogP contribution in [0.15, 0.2) is 79.1 Å². The third kappa shape index (κ3) is 5.94. The van der Waals surface area contributed by atoms with Gasteiger partial charge in [-0.05, 0) is 35.7 Å². The number of nitrogens with zero attached hydrogens (tertiary/aromatic N) is 6. The third-order valence-corrected chi connectivity index (χ3v) is 9.57. The topological polar surface area (TPSA) is 112 Å². The fourth-order valence-corrected chi connectivity index (χ4v) is 5.92. The Labute approximate surface area is 224 Å². The highest BCUT2D eigenvalue weighted by Gasteiger charge is 2.29. The molecule has 12 heteroatoms. The minimum absolute atomic E-state index is 0.344. The summed E-state index contributed by atoms with van der Waals surface area (Å²) in [6.07, 6.45) is 9.83. The van der Waals surface area contributed by atoms with Crippen LogP contribution in [0.3, 0.4) is 0 Å². The van der Waals surface area contributed by atoms with Crippen molar-refractivity contribution in [2.75, 3.05) is 49.9 Å². The summed E-state index contributed by atoms with van der Waals surface area (Å²) in [6.45, 7) is 9.22. The van der Waals surface area contributed by atoms with Gasteiger partial charge < -0.3 is 9.62 Å². The molecule has 0 aliphatic carbocycles. The molecule has 0 amide bonds. The van der Waals surface area contributed by atoms with E-state index in [-0.39, 0.29) is 0 Å². The molecule has 1 saturated heterocycles. The van der Waals surface area contributed by atoms with Crippen LogP contribution >= 0.6 is 0 Å². The van der Waals surface area contributed by atoms with Crippen LogP contribution < -0.4 is 9.62 Å². The van der Waals surface area contributed by atoms with Crippen LogP contribution in [-0.2, 0) is 19.9 Å². The highest BCUT2D eigenvalue weighted by Crippen LogP contribution is 2.27. The summed E-state index contributed by atoms with van der Waals surface area (Å²) in [4.78, 5) is 16.0. The number of piperazine rings is 1. The first kappa shape index (κ1) is 27.5. The average molecular weight is 554 g/mol. The second-order valence-corrected chi connectivity index (χ2v) is 13.1. The van der Waals surface area contributed by atoms with Crippen molar-refractivity contribution in [1.29, 1.82) is 0 Å². The standard InChI is InChI=1S/C26H31N7O3S2/c1-6-7-8-20(2)37(5,34)30-23-15-22(17-27-18-23)21-9-10-24-25(16-21)29-26(19-28-24)32-11-13-33(14-12-32)38(35,36)31(3)4/h6-10,15-19H,1-2,5,11-14H2,3-4H3,(H,30,34)/b8-7-. The van der Waals surface area contributed by atoms with E-state index >= 15 is 0 Å². The number of benzene rings is 1. The van der Waals surface area contributed by atoms with E-state index in [0.717, 1.165) is 16.6 Å². The lowest BCUT2D eigenvalue weighted by atomic mass is 10.1. The third-order valence-electron chi connectivity index (χ3n) is 6.08. The molecule has 1 fully saturated rings. The van der Waals surface area contributed by atoms with Gasteiger partial charge in [-0.3, -0.25) is 9.97 Å². The fourth-order valence-electron chi connectivity index (χ4n) is 3.91. The molecule has 0 radical (unpaired) electrons. The molecular weight excluding hydrogens is 522 g/mol. The summed E-state index contributed by atoms with van der Waals surface area (Å²) in [5.41, 5.74) is 3.64. The Morgan fingerprint density at radius 2 is 1.76 bits per heavy atom. The maximum Gasteiger partial charge on any atom is 0.281 e. The maximum absolute atomic E-state index is 13.0. The number of pyridine rings is 1. The van der Waals surface area contributed by atoms with Gasteiger partial charge in [0.25, 0.3) is 10.2 Å². The van der Waals surface area contributed by atoms with Crippen LogP contribution in [0.25, 0.3) is 22.2 Å². The molecule has 3 aromatic rings. The summed E-state index contributed by atoms with van der Waals surface area (Å²) in [5.74, 6) is 4.47. The van der Waals surface area contributed by atoms with Crippen LogP contribution in [0.2, 0.25) is 0 Å². The lowest BCUT2D eigenvalue weighted by Crippen LogP contribution is -2.51. The van der Waals surface area contributed by atoms with Crippen molar-refractivity contribution in [3.8, 4) is 11.1 Å². The lowest BCUT2D eigenvalue weighted by Gasteiger charge is -2.35. The number of fused-ring (bicyclic) bond motifs is 1. The Balaban J connectivity index is 1.55. The minimum Gasteiger partial charge on any atom is -0.353 e. The van der Waals surface area contributed by atoms with Gasteiger partial charge in [-0.15, -0.1) is 0 Å². The smallest absolute Gasteiger partial charge is 0.281 e. The molecule has 2 aromatic heterocycles. The van der Waals surface area contributed by atoms with Gasteiger partial charge in [-0.25, -0.2) is 9.19 Å². The van der Waals surface area contributed by atoms with E-state index < -0.39 is 19.9 Å². The number of hydrogen-bond acceptors (Lipinski definition) is 7. The van der Waals surface area contributed by atoms with Crippen molar-refractivity contribution < 1.29 is 12.6 Å². The van der Waals surface area contributed by atoms with Crippen molar-refractivity contribution >= 4 is 48.3 Å². The van der Waals surface area contributed by atoms with Gasteiger partial charge >= 0.3 is 0 Å². The van der Waals surface area contributed by atoms with Gasteiger partial charge in [-0.1, -0.05) is 31.4 Å². The molecule has 200 valence electrons. The molecule has 1 N–H and O–H groups in total. The second-order valence-electron chi connectivity index (χ2n) is 8.91. The lowest BCUT2D eigenvalue weighted by molar-refractivity contribution is 0.355. The highest BCUT2D eigenvalue weighted by molar-refractivity contribution is 8.05. The van der Waals surface area contributed by atoms with Crippen molar-refractivity contribution in [3.05, 3.63) is 79.1 Å². The molecule has 1 atom stereocenters. The van der Waals surface area contributed by atoms with Gasteiger partial charge in [0.2, 0.25) is 0 Å². The molecule has 4 rings (SSSR count). The first-order valence-corrected chi connectivity index (χ1v) is 14.9. The van der Waals surface area contributed by atoms with Crippen molar-refractivity contribution in [2.45, 2.75) is 0 Å². The van der Waals surface area contributed by atoms with E-state index in [1.807, 2.05) is 29.2 Å². The number of aromatic nitrogens is 3. The Bertz CT molecular complexity index is 1610. The summed E-state index contributed by atoms with van der Waals surface area (Å²) < 4.78 is 43.4. The first-order valence-electron chi connectivity index (χ1n) is 11.8. The summed E-state index contributed by atoms with van der Waals surface area (Å²) >= 11 is 0. The van der Waals surface area contributed by atoms with E-state index in [0.29, 0.717) is 48.1 Å². The van der Waals surface area contributed by atoms with E-state index in [4.69, 9.17) is 4.98 Å². The van der Waals surface area contributed by atoms with Gasteiger partial charge in [0.15, 0.2) is 0 Å². The largest absolute Gasteiger partial charge is 0.353 e. The predicted molar refractivity (Wildman–Crippen MR) is 157 cm³/mol. The van der Waals surface area contributed by atoms with Gasteiger partial charge in [-0.2, -0.15) is 17.0 Å². The monoisotopic (exact) mass is 553 g/mol. The molecule has 38 heavy (non-hydrogen) atoms. The van der Waals surface area contributed by atoms with Crippen LogP contribution in [0, 0.1) is 0 Å². The van der Waals surface area contributed by atoms with Crippen LogP contribution in [0.5, 0.6) is 0 Å². The van der Waals surface area contributed by atoms with Gasteiger partial charge in [0.1, 0.15) is 5.82 Å². The molecular formula is C26H31N7O3S2. The van der Waals surface area contributed by atoms with E-state index in [9.17, 15) is 12.6 Å². The van der Waals surface area contributed by atoms with E-state index in [1.54, 1.807) is 36.8 Å². The quantitative estimate of drug-likeness (QED) is 0.320. The Kier molecular flexibility index (Phi) is 7.97. The van der Waals surface area contributed by atoms with Crippen molar-refractivity contribution in [3.63, 3.8) is 0 Å². The number of nitrogens with one attached hydrogen (secondary N) is 1.